The van der Waals surface area contributed by atoms with Crippen molar-refractivity contribution in [3.8, 4) is 22.7 Å². The summed E-state index contributed by atoms with van der Waals surface area (Å²) >= 11 is 0. The second-order valence-electron chi connectivity index (χ2n) is 11.0. The average Bonchev–Trinajstić information content (AvgIpc) is 3.46. The lowest BCUT2D eigenvalue weighted by molar-refractivity contribution is -0.274. The summed E-state index contributed by atoms with van der Waals surface area (Å²) in [4.78, 5) is 18.8. The first-order valence-electron chi connectivity index (χ1n) is 13.0. The molecule has 5 rings (SSSR count). The molecule has 4 aromatic rings. The Morgan fingerprint density at radius 3 is 2.44 bits per heavy atom. The number of alkyl halides is 3. The van der Waals surface area contributed by atoms with Crippen molar-refractivity contribution >= 4 is 16.9 Å². The summed E-state index contributed by atoms with van der Waals surface area (Å²) < 4.78 is 45.4. The molecular weight excluding hydrogens is 507 g/mol. The van der Waals surface area contributed by atoms with Gasteiger partial charge in [-0.05, 0) is 72.6 Å². The Kier molecular flexibility index (Phi) is 6.90. The highest BCUT2D eigenvalue weighted by atomic mass is 19.4. The van der Waals surface area contributed by atoms with Crippen LogP contribution < -0.4 is 4.74 Å². The fraction of sp³-hybridized carbons (Fsp3) is 0.414. The van der Waals surface area contributed by atoms with E-state index in [1.165, 1.54) is 12.1 Å². The first-order valence-corrected chi connectivity index (χ1v) is 13.0. The van der Waals surface area contributed by atoms with Crippen LogP contribution in [0.4, 0.5) is 13.2 Å². The van der Waals surface area contributed by atoms with Crippen molar-refractivity contribution in [3.63, 3.8) is 0 Å². The van der Waals surface area contributed by atoms with Gasteiger partial charge < -0.3 is 9.64 Å². The maximum Gasteiger partial charge on any atom is 0.573 e. The predicted octanol–water partition coefficient (Wildman–Crippen LogP) is 6.15. The third-order valence-corrected chi connectivity index (χ3v) is 7.86. The molecule has 4 heterocycles. The number of ether oxygens (including phenoxy) is 1. The van der Waals surface area contributed by atoms with Crippen LogP contribution in [0.1, 0.15) is 38.7 Å². The van der Waals surface area contributed by atoms with E-state index in [1.807, 2.05) is 41.9 Å². The molecule has 0 bridgehead atoms. The maximum absolute atomic E-state index is 12.6. The van der Waals surface area contributed by atoms with Crippen molar-refractivity contribution < 1.29 is 22.7 Å². The lowest BCUT2D eigenvalue weighted by Crippen LogP contribution is -2.42. The Morgan fingerprint density at radius 1 is 1.05 bits per heavy atom. The quantitative estimate of drug-likeness (QED) is 0.283. The van der Waals surface area contributed by atoms with E-state index >= 15 is 0 Å². The van der Waals surface area contributed by atoms with Crippen LogP contribution in [0.3, 0.4) is 0 Å². The highest BCUT2D eigenvalue weighted by Crippen LogP contribution is 2.39. The van der Waals surface area contributed by atoms with Crippen LogP contribution in [0.25, 0.3) is 28.0 Å². The number of aromatic nitrogens is 4. The smallest absolute Gasteiger partial charge is 0.406 e. The second kappa shape index (κ2) is 10.1. The van der Waals surface area contributed by atoms with Gasteiger partial charge in [-0.15, -0.1) is 13.2 Å². The number of fused-ring (bicyclic) bond motifs is 1. The summed E-state index contributed by atoms with van der Waals surface area (Å²) in [7, 11) is 3.74. The van der Waals surface area contributed by atoms with Crippen LogP contribution in [0, 0.1) is 11.3 Å². The van der Waals surface area contributed by atoms with Crippen molar-refractivity contribution in [2.75, 3.05) is 13.6 Å². The van der Waals surface area contributed by atoms with Crippen LogP contribution in [-0.2, 0) is 18.3 Å². The first-order chi connectivity index (χ1) is 18.4. The number of carbonyl (C=O) groups excluding carboxylic acids is 1. The predicted molar refractivity (Wildman–Crippen MR) is 142 cm³/mol. The van der Waals surface area contributed by atoms with E-state index in [-0.39, 0.29) is 17.1 Å². The van der Waals surface area contributed by atoms with Gasteiger partial charge in [-0.3, -0.25) is 14.0 Å². The molecule has 3 aromatic heterocycles. The van der Waals surface area contributed by atoms with Gasteiger partial charge in [0.05, 0.1) is 17.6 Å². The lowest BCUT2D eigenvalue weighted by atomic mass is 9.71. The molecular formula is C29H32F3N5O2. The maximum atomic E-state index is 12.6. The number of amides is 1. The number of pyridine rings is 1. The molecule has 0 radical (unpaired) electrons. The summed E-state index contributed by atoms with van der Waals surface area (Å²) in [6, 6.07) is 9.65. The zero-order chi connectivity index (χ0) is 27.9. The summed E-state index contributed by atoms with van der Waals surface area (Å²) in [5, 5.41) is 5.34. The van der Waals surface area contributed by atoms with Gasteiger partial charge >= 0.3 is 6.36 Å². The zero-order valence-corrected chi connectivity index (χ0v) is 22.5. The van der Waals surface area contributed by atoms with Gasteiger partial charge in [-0.25, -0.2) is 4.98 Å². The molecule has 1 unspecified atom stereocenters. The molecule has 206 valence electrons. The largest absolute Gasteiger partial charge is 0.573 e. The Hall–Kier alpha value is -3.82. The van der Waals surface area contributed by atoms with Crippen molar-refractivity contribution in [1.29, 1.82) is 0 Å². The van der Waals surface area contributed by atoms with Gasteiger partial charge in [0.25, 0.3) is 0 Å². The zero-order valence-electron chi connectivity index (χ0n) is 22.5. The topological polar surface area (TPSA) is 65.2 Å². The SMILES string of the molecule is CN1CC(C(C)(C)CCc2cn(-c3cnn(C)c3)c3nc(-c4ccc(OC(F)(F)F)cc4)ccc23)CCC1=O. The molecule has 7 nitrogen and oxygen atoms in total. The Labute approximate surface area is 225 Å². The monoisotopic (exact) mass is 539 g/mol. The first kappa shape index (κ1) is 26.8. The normalized spacial score (nSPS) is 16.7. The third-order valence-electron chi connectivity index (χ3n) is 7.86. The number of carbonyl (C=O) groups is 1. The molecule has 10 heteroatoms. The van der Waals surface area contributed by atoms with E-state index < -0.39 is 6.36 Å². The van der Waals surface area contributed by atoms with Crippen LogP contribution in [0.15, 0.2) is 55.0 Å². The van der Waals surface area contributed by atoms with E-state index in [0.29, 0.717) is 23.6 Å². The number of rotatable bonds is 7. The average molecular weight is 540 g/mol. The Bertz CT molecular complexity index is 1490. The summed E-state index contributed by atoms with van der Waals surface area (Å²) in [6.07, 6.45) is 4.36. The van der Waals surface area contributed by atoms with Gasteiger partial charge in [0.2, 0.25) is 5.91 Å². The van der Waals surface area contributed by atoms with E-state index in [4.69, 9.17) is 4.98 Å². The van der Waals surface area contributed by atoms with E-state index in [2.05, 4.69) is 29.9 Å². The van der Waals surface area contributed by atoms with Crippen molar-refractivity contribution in [1.82, 2.24) is 24.2 Å². The number of benzene rings is 1. The van der Waals surface area contributed by atoms with Crippen molar-refractivity contribution in [3.05, 3.63) is 60.6 Å². The number of hydrogen-bond donors (Lipinski definition) is 0. The van der Waals surface area contributed by atoms with E-state index in [1.54, 1.807) is 23.0 Å². The van der Waals surface area contributed by atoms with Gasteiger partial charge in [0, 0.05) is 50.4 Å². The minimum atomic E-state index is -4.74. The number of halogens is 3. The van der Waals surface area contributed by atoms with Gasteiger partial charge in [-0.2, -0.15) is 5.10 Å². The van der Waals surface area contributed by atoms with Crippen LogP contribution in [-0.4, -0.2) is 50.1 Å². The molecule has 0 saturated carbocycles. The van der Waals surface area contributed by atoms with E-state index in [9.17, 15) is 18.0 Å². The third kappa shape index (κ3) is 5.79. The fourth-order valence-electron chi connectivity index (χ4n) is 5.40. The summed E-state index contributed by atoms with van der Waals surface area (Å²) in [5.41, 5.74) is 4.17. The standard InChI is InChI=1S/C29H32F3N5O2/c1-28(2,21-7-12-26(38)35(3)17-21)14-13-20-16-37(22-15-33-36(4)18-22)27-24(20)10-11-25(34-27)19-5-8-23(9-6-19)39-29(30,31)32/h5-6,8-11,15-16,18,21H,7,12-14,17H2,1-4H3. The van der Waals surface area contributed by atoms with Crippen LogP contribution in [0.5, 0.6) is 5.75 Å². The molecule has 1 aliphatic rings. The Balaban J connectivity index is 1.45. The molecule has 1 saturated heterocycles. The summed E-state index contributed by atoms with van der Waals surface area (Å²) in [6.45, 7) is 5.34. The second-order valence-corrected chi connectivity index (χ2v) is 11.0. The molecule has 1 aromatic carbocycles. The molecule has 0 aliphatic carbocycles. The fourth-order valence-corrected chi connectivity index (χ4v) is 5.40. The van der Waals surface area contributed by atoms with E-state index in [0.717, 1.165) is 48.1 Å². The van der Waals surface area contributed by atoms with Crippen molar-refractivity contribution in [2.24, 2.45) is 18.4 Å². The molecule has 0 N–H and O–H groups in total. The molecule has 1 fully saturated rings. The number of hydrogen-bond acceptors (Lipinski definition) is 4. The Morgan fingerprint density at radius 2 is 1.79 bits per heavy atom. The lowest BCUT2D eigenvalue weighted by Gasteiger charge is -2.40. The minimum Gasteiger partial charge on any atom is -0.406 e. The number of likely N-dealkylation sites (tertiary alicyclic amines) is 1. The number of aryl methyl sites for hydroxylation is 2. The molecule has 1 amide bonds. The van der Waals surface area contributed by atoms with Gasteiger partial charge in [-0.1, -0.05) is 13.8 Å². The van der Waals surface area contributed by atoms with Crippen LogP contribution in [0.2, 0.25) is 0 Å². The molecule has 1 atom stereocenters. The van der Waals surface area contributed by atoms with Gasteiger partial charge in [0.1, 0.15) is 11.4 Å². The highest BCUT2D eigenvalue weighted by Gasteiger charge is 2.35. The van der Waals surface area contributed by atoms with Gasteiger partial charge in [0.15, 0.2) is 0 Å². The minimum absolute atomic E-state index is 0.0469. The van der Waals surface area contributed by atoms with Crippen molar-refractivity contribution in [2.45, 2.75) is 45.9 Å². The molecule has 0 spiro atoms. The number of nitrogens with zero attached hydrogens (tertiary/aromatic N) is 5. The number of piperidine rings is 1. The molecule has 39 heavy (non-hydrogen) atoms. The highest BCUT2D eigenvalue weighted by molar-refractivity contribution is 5.85. The molecule has 1 aliphatic heterocycles. The summed E-state index contributed by atoms with van der Waals surface area (Å²) in [5.74, 6) is 0.372. The van der Waals surface area contributed by atoms with Crippen LogP contribution >= 0.6 is 0 Å².